The van der Waals surface area contributed by atoms with Crippen LogP contribution in [0.1, 0.15) is 19.4 Å². The van der Waals surface area contributed by atoms with Gasteiger partial charge in [-0.15, -0.1) is 0 Å². The average Bonchev–Trinajstić information content (AvgIpc) is 2.79. The fraction of sp³-hybridized carbons (Fsp3) is 0.318. The Hall–Kier alpha value is -3.38. The number of ether oxygens (including phenoxy) is 1. The predicted octanol–water partition coefficient (Wildman–Crippen LogP) is 3.22. The van der Waals surface area contributed by atoms with Gasteiger partial charge in [-0.25, -0.2) is 36.9 Å². The van der Waals surface area contributed by atoms with Crippen LogP contribution in [0.3, 0.4) is 0 Å². The summed E-state index contributed by atoms with van der Waals surface area (Å²) in [7, 11) is -3.32. The number of pyridine rings is 1. The number of nitrogens with zero attached hydrogens (tertiary/aromatic N) is 4. The molecule has 0 bridgehead atoms. The first-order valence-corrected chi connectivity index (χ1v) is 12.4. The quantitative estimate of drug-likeness (QED) is 0.520. The van der Waals surface area contributed by atoms with Crippen LogP contribution in [0.2, 0.25) is 0 Å². The lowest BCUT2D eigenvalue weighted by Crippen LogP contribution is -2.38. The number of rotatable bonds is 7. The minimum absolute atomic E-state index is 0.0672. The monoisotopic (exact) mass is 490 g/mol. The number of benzene rings is 1. The van der Waals surface area contributed by atoms with Crippen LogP contribution in [-0.2, 0) is 16.6 Å². The number of nitrogens with one attached hydrogen (secondary N) is 2. The zero-order valence-electron chi connectivity index (χ0n) is 18.8. The lowest BCUT2D eigenvalue weighted by Gasteiger charge is -2.34. The lowest BCUT2D eigenvalue weighted by atomic mass is 10.1. The molecule has 1 aliphatic rings. The first kappa shape index (κ1) is 23.8. The standard InChI is InChI=1S/C22H24F2N6O3S/c1-13(2)30-6-7-33-21-16(23)8-15(9-18(21)30)20-17(24)12-26-22(29-20)28-19-5-4-14(10-25-19)11-27-34(3,31)32/h4-5,8-10,12-13,27H,6-7,11H2,1-3H3,(H,25,26,28,29). The molecule has 4 rings (SSSR count). The van der Waals surface area contributed by atoms with Gasteiger partial charge in [0.2, 0.25) is 16.0 Å². The van der Waals surface area contributed by atoms with Crippen molar-refractivity contribution in [3.8, 4) is 17.0 Å². The summed E-state index contributed by atoms with van der Waals surface area (Å²) < 4.78 is 59.8. The van der Waals surface area contributed by atoms with E-state index >= 15 is 0 Å². The van der Waals surface area contributed by atoms with Gasteiger partial charge in [-0.2, -0.15) is 0 Å². The van der Waals surface area contributed by atoms with Crippen LogP contribution in [0.5, 0.6) is 5.75 Å². The highest BCUT2D eigenvalue weighted by Gasteiger charge is 2.25. The maximum Gasteiger partial charge on any atom is 0.229 e. The summed E-state index contributed by atoms with van der Waals surface area (Å²) in [5, 5.41) is 2.88. The zero-order valence-corrected chi connectivity index (χ0v) is 19.7. The van der Waals surface area contributed by atoms with Crippen LogP contribution in [0.25, 0.3) is 11.3 Å². The summed E-state index contributed by atoms with van der Waals surface area (Å²) in [4.78, 5) is 14.4. The predicted molar refractivity (Wildman–Crippen MR) is 125 cm³/mol. The first-order chi connectivity index (χ1) is 16.1. The van der Waals surface area contributed by atoms with Gasteiger partial charge in [-0.05, 0) is 37.6 Å². The van der Waals surface area contributed by atoms with Crippen molar-refractivity contribution in [1.29, 1.82) is 0 Å². The van der Waals surface area contributed by atoms with Crippen LogP contribution in [-0.4, -0.2) is 48.8 Å². The molecule has 3 heterocycles. The number of halogens is 2. The van der Waals surface area contributed by atoms with Gasteiger partial charge >= 0.3 is 0 Å². The average molecular weight is 491 g/mol. The number of sulfonamides is 1. The molecule has 0 saturated heterocycles. The largest absolute Gasteiger partial charge is 0.486 e. The SMILES string of the molecule is CC(C)N1CCOc2c(F)cc(-c3nc(Nc4ccc(CNS(C)(=O)=O)cn4)ncc3F)cc21. The van der Waals surface area contributed by atoms with Crippen LogP contribution in [0.15, 0.2) is 36.7 Å². The van der Waals surface area contributed by atoms with Crippen molar-refractivity contribution in [3.63, 3.8) is 0 Å². The molecular formula is C22H24F2N6O3S. The minimum Gasteiger partial charge on any atom is -0.486 e. The van der Waals surface area contributed by atoms with E-state index in [2.05, 4.69) is 25.0 Å². The van der Waals surface area contributed by atoms with E-state index in [0.717, 1.165) is 12.5 Å². The topological polar surface area (TPSA) is 109 Å². The van der Waals surface area contributed by atoms with Gasteiger partial charge in [0, 0.05) is 24.3 Å². The lowest BCUT2D eigenvalue weighted by molar-refractivity contribution is 0.287. The molecule has 3 aromatic rings. The van der Waals surface area contributed by atoms with E-state index in [4.69, 9.17) is 4.74 Å². The van der Waals surface area contributed by atoms with Crippen molar-refractivity contribution in [2.24, 2.45) is 0 Å². The highest BCUT2D eigenvalue weighted by molar-refractivity contribution is 7.88. The third-order valence-electron chi connectivity index (χ3n) is 5.16. The fourth-order valence-corrected chi connectivity index (χ4v) is 3.97. The molecule has 0 spiro atoms. The molecule has 0 amide bonds. The maximum atomic E-state index is 14.8. The summed E-state index contributed by atoms with van der Waals surface area (Å²) in [6, 6.07) is 6.25. The summed E-state index contributed by atoms with van der Waals surface area (Å²) >= 11 is 0. The third-order valence-corrected chi connectivity index (χ3v) is 5.82. The molecule has 0 saturated carbocycles. The Morgan fingerprint density at radius 2 is 1.94 bits per heavy atom. The smallest absolute Gasteiger partial charge is 0.229 e. The van der Waals surface area contributed by atoms with Crippen LogP contribution >= 0.6 is 0 Å². The molecule has 34 heavy (non-hydrogen) atoms. The molecule has 0 atom stereocenters. The molecule has 12 heteroatoms. The second-order valence-corrected chi connectivity index (χ2v) is 9.94. The molecule has 0 radical (unpaired) electrons. The number of aromatic nitrogens is 3. The van der Waals surface area contributed by atoms with Gasteiger partial charge in [-0.1, -0.05) is 6.07 Å². The maximum absolute atomic E-state index is 14.8. The van der Waals surface area contributed by atoms with E-state index in [1.807, 2.05) is 18.7 Å². The molecule has 9 nitrogen and oxygen atoms in total. The minimum atomic E-state index is -3.32. The Labute approximate surface area is 196 Å². The molecule has 1 aromatic carbocycles. The summed E-state index contributed by atoms with van der Waals surface area (Å²) in [6.45, 7) is 5.04. The molecule has 0 aliphatic carbocycles. The van der Waals surface area contributed by atoms with Gasteiger partial charge in [-0.3, -0.25) is 0 Å². The Balaban J connectivity index is 1.60. The zero-order chi connectivity index (χ0) is 24.5. The van der Waals surface area contributed by atoms with Gasteiger partial charge in [0.1, 0.15) is 18.1 Å². The molecule has 0 unspecified atom stereocenters. The molecule has 1 aliphatic heterocycles. The van der Waals surface area contributed by atoms with Crippen molar-refractivity contribution >= 4 is 27.5 Å². The van der Waals surface area contributed by atoms with Crippen LogP contribution in [0, 0.1) is 11.6 Å². The van der Waals surface area contributed by atoms with Gasteiger partial charge in [0.25, 0.3) is 0 Å². The van der Waals surface area contributed by atoms with Crippen molar-refractivity contribution < 1.29 is 21.9 Å². The van der Waals surface area contributed by atoms with Crippen molar-refractivity contribution in [1.82, 2.24) is 19.7 Å². The van der Waals surface area contributed by atoms with E-state index < -0.39 is 21.7 Å². The number of fused-ring (bicyclic) bond motifs is 1. The van der Waals surface area contributed by atoms with Crippen molar-refractivity contribution in [2.75, 3.05) is 29.6 Å². The van der Waals surface area contributed by atoms with Crippen molar-refractivity contribution in [3.05, 3.63) is 53.9 Å². The normalized spacial score (nSPS) is 13.5. The molecule has 0 fully saturated rings. The third kappa shape index (κ3) is 5.39. The van der Waals surface area contributed by atoms with Crippen LogP contribution < -0.4 is 19.7 Å². The van der Waals surface area contributed by atoms with Gasteiger partial charge in [0.15, 0.2) is 17.4 Å². The molecular weight excluding hydrogens is 466 g/mol. The molecule has 2 aromatic heterocycles. The number of hydrogen-bond donors (Lipinski definition) is 2. The van der Waals surface area contributed by atoms with E-state index in [-0.39, 0.29) is 35.5 Å². The number of hydrogen-bond acceptors (Lipinski definition) is 8. The number of anilines is 3. The second kappa shape index (κ2) is 9.47. The summed E-state index contributed by atoms with van der Waals surface area (Å²) in [5.74, 6) is -0.706. The fourth-order valence-electron chi connectivity index (χ4n) is 3.54. The Morgan fingerprint density at radius 3 is 2.62 bits per heavy atom. The Bertz CT molecular complexity index is 1300. The van der Waals surface area contributed by atoms with E-state index in [0.29, 0.717) is 30.2 Å². The molecule has 2 N–H and O–H groups in total. The van der Waals surface area contributed by atoms with Crippen LogP contribution in [0.4, 0.5) is 26.2 Å². The van der Waals surface area contributed by atoms with Gasteiger partial charge < -0.3 is 15.0 Å². The van der Waals surface area contributed by atoms with Crippen molar-refractivity contribution in [2.45, 2.75) is 26.4 Å². The highest BCUT2D eigenvalue weighted by atomic mass is 32.2. The summed E-state index contributed by atoms with van der Waals surface area (Å²) in [5.41, 5.74) is 1.38. The Morgan fingerprint density at radius 1 is 1.15 bits per heavy atom. The first-order valence-electron chi connectivity index (χ1n) is 10.5. The Kier molecular flexibility index (Phi) is 6.62. The highest BCUT2D eigenvalue weighted by Crippen LogP contribution is 2.39. The van der Waals surface area contributed by atoms with Gasteiger partial charge in [0.05, 0.1) is 24.7 Å². The van der Waals surface area contributed by atoms with E-state index in [1.165, 1.54) is 12.3 Å². The van der Waals surface area contributed by atoms with E-state index in [1.54, 1.807) is 18.2 Å². The van der Waals surface area contributed by atoms with E-state index in [9.17, 15) is 17.2 Å². The summed E-state index contributed by atoms with van der Waals surface area (Å²) in [6.07, 6.45) is 3.56. The molecule has 180 valence electrons. The second-order valence-electron chi connectivity index (χ2n) is 8.10.